The molecule has 0 nitrogen and oxygen atoms in total. The van der Waals surface area contributed by atoms with Crippen LogP contribution in [0.3, 0.4) is 0 Å². The largest absolute Gasteiger partial charge is 0.207 e. The molecule has 20 heavy (non-hydrogen) atoms. The number of fused-ring (bicyclic) bond motifs is 1. The van der Waals surface area contributed by atoms with Crippen LogP contribution in [0, 0.1) is 11.2 Å². The summed E-state index contributed by atoms with van der Waals surface area (Å²) < 4.78 is 13.2. The Kier molecular flexibility index (Phi) is 3.21. The minimum atomic E-state index is -0.185. The third kappa shape index (κ3) is 2.53. The van der Waals surface area contributed by atoms with Crippen molar-refractivity contribution in [3.05, 3.63) is 77.1 Å². The number of aryl methyl sites for hydroxylation is 1. The van der Waals surface area contributed by atoms with Gasteiger partial charge in [-0.05, 0) is 52.7 Å². The van der Waals surface area contributed by atoms with Crippen molar-refractivity contribution in [1.82, 2.24) is 0 Å². The Hall–Kier alpha value is -1.89. The monoisotopic (exact) mass is 266 g/mol. The second-order valence-electron chi connectivity index (χ2n) is 6.21. The second-order valence-corrected chi connectivity index (χ2v) is 6.21. The number of hydrogen-bond donors (Lipinski definition) is 0. The molecule has 0 heterocycles. The highest BCUT2D eigenvalue weighted by Crippen LogP contribution is 2.38. The Morgan fingerprint density at radius 2 is 1.65 bits per heavy atom. The molecule has 1 heteroatoms. The van der Waals surface area contributed by atoms with E-state index in [9.17, 15) is 4.39 Å². The molecule has 3 rings (SSSR count). The fourth-order valence-corrected chi connectivity index (χ4v) is 2.87. The van der Waals surface area contributed by atoms with Gasteiger partial charge in [0.1, 0.15) is 5.82 Å². The molecule has 1 aliphatic carbocycles. The molecule has 2 aromatic carbocycles. The van der Waals surface area contributed by atoms with Gasteiger partial charge in [-0.3, -0.25) is 0 Å². The Bertz CT molecular complexity index is 648. The first-order chi connectivity index (χ1) is 9.55. The number of rotatable bonds is 1. The predicted molar refractivity (Wildman–Crippen MR) is 82.0 cm³/mol. The Labute approximate surface area is 120 Å². The van der Waals surface area contributed by atoms with E-state index in [1.54, 1.807) is 0 Å². The molecular formula is C19H19F. The molecule has 0 amide bonds. The number of benzene rings is 2. The number of halogens is 1. The molecular weight excluding hydrogens is 247 g/mol. The lowest BCUT2D eigenvalue weighted by molar-refractivity contribution is 0.442. The van der Waals surface area contributed by atoms with Gasteiger partial charge in [0.15, 0.2) is 0 Å². The maximum Gasteiger partial charge on any atom is 0.123 e. The molecule has 1 aliphatic rings. The zero-order valence-corrected chi connectivity index (χ0v) is 12.0. The summed E-state index contributed by atoms with van der Waals surface area (Å²) in [6, 6.07) is 15.4. The van der Waals surface area contributed by atoms with Crippen LogP contribution < -0.4 is 0 Å². The topological polar surface area (TPSA) is 0 Å². The van der Waals surface area contributed by atoms with E-state index in [1.807, 2.05) is 12.1 Å². The van der Waals surface area contributed by atoms with Crippen LogP contribution in [-0.4, -0.2) is 0 Å². The van der Waals surface area contributed by atoms with Gasteiger partial charge in [0, 0.05) is 0 Å². The average Bonchev–Trinajstić information content (AvgIpc) is 2.57. The first-order valence-corrected chi connectivity index (χ1v) is 7.12. The molecule has 0 unspecified atom stereocenters. The summed E-state index contributed by atoms with van der Waals surface area (Å²) in [5, 5.41) is 0. The number of hydrogen-bond acceptors (Lipinski definition) is 0. The molecule has 0 spiro atoms. The predicted octanol–water partition coefficient (Wildman–Crippen LogP) is 5.23. The van der Waals surface area contributed by atoms with Crippen LogP contribution in [0.15, 0.2) is 54.6 Å². The van der Waals surface area contributed by atoms with Gasteiger partial charge in [-0.1, -0.05) is 56.3 Å². The second kappa shape index (κ2) is 4.90. The molecule has 0 saturated carbocycles. The lowest BCUT2D eigenvalue weighted by Crippen LogP contribution is -2.07. The standard InChI is InChI=1S/C19H19F/c1-19(2)12-11-14-5-3-4-6-17(14)18(13-19)15-7-9-16(20)10-8-15/h3-10,13H,11-12H2,1-2H3. The van der Waals surface area contributed by atoms with E-state index in [0.29, 0.717) is 0 Å². The molecule has 0 N–H and O–H groups in total. The van der Waals surface area contributed by atoms with Crippen molar-refractivity contribution in [1.29, 1.82) is 0 Å². The van der Waals surface area contributed by atoms with E-state index in [4.69, 9.17) is 0 Å². The minimum Gasteiger partial charge on any atom is -0.207 e. The summed E-state index contributed by atoms with van der Waals surface area (Å²) in [4.78, 5) is 0. The lowest BCUT2D eigenvalue weighted by atomic mass is 9.86. The highest BCUT2D eigenvalue weighted by molar-refractivity contribution is 5.82. The maximum atomic E-state index is 13.2. The molecule has 0 saturated heterocycles. The minimum absolute atomic E-state index is 0.155. The van der Waals surface area contributed by atoms with Gasteiger partial charge < -0.3 is 0 Å². The Morgan fingerprint density at radius 1 is 0.950 bits per heavy atom. The SMILES string of the molecule is CC1(C)C=C(c2ccc(F)cc2)c2ccccc2CC1. The molecule has 102 valence electrons. The summed E-state index contributed by atoms with van der Waals surface area (Å²) in [5.41, 5.74) is 5.14. The number of allylic oxidation sites excluding steroid dienone is 1. The van der Waals surface area contributed by atoms with Crippen molar-refractivity contribution in [2.45, 2.75) is 26.7 Å². The molecule has 0 aromatic heterocycles. The molecule has 0 atom stereocenters. The first-order valence-electron chi connectivity index (χ1n) is 7.12. The normalized spacial score (nSPS) is 17.1. The Morgan fingerprint density at radius 3 is 2.40 bits per heavy atom. The first kappa shape index (κ1) is 13.1. The van der Waals surface area contributed by atoms with E-state index >= 15 is 0 Å². The zero-order chi connectivity index (χ0) is 14.2. The highest BCUT2D eigenvalue weighted by Gasteiger charge is 2.22. The van der Waals surface area contributed by atoms with Gasteiger partial charge in [0.05, 0.1) is 0 Å². The van der Waals surface area contributed by atoms with Gasteiger partial charge in [-0.2, -0.15) is 0 Å². The van der Waals surface area contributed by atoms with Crippen molar-refractivity contribution < 1.29 is 4.39 Å². The van der Waals surface area contributed by atoms with Crippen molar-refractivity contribution in [3.63, 3.8) is 0 Å². The van der Waals surface area contributed by atoms with Crippen molar-refractivity contribution in [3.8, 4) is 0 Å². The maximum absolute atomic E-state index is 13.2. The van der Waals surface area contributed by atoms with Crippen LogP contribution in [0.5, 0.6) is 0 Å². The van der Waals surface area contributed by atoms with E-state index in [-0.39, 0.29) is 11.2 Å². The molecule has 0 radical (unpaired) electrons. The van der Waals surface area contributed by atoms with E-state index in [0.717, 1.165) is 18.4 Å². The van der Waals surface area contributed by atoms with Crippen molar-refractivity contribution in [2.24, 2.45) is 5.41 Å². The fourth-order valence-electron chi connectivity index (χ4n) is 2.87. The molecule has 0 fully saturated rings. The zero-order valence-electron chi connectivity index (χ0n) is 12.0. The Balaban J connectivity index is 2.18. The van der Waals surface area contributed by atoms with Crippen LogP contribution in [0.25, 0.3) is 5.57 Å². The quantitative estimate of drug-likeness (QED) is 0.663. The van der Waals surface area contributed by atoms with Gasteiger partial charge >= 0.3 is 0 Å². The summed E-state index contributed by atoms with van der Waals surface area (Å²) in [6.45, 7) is 4.53. The summed E-state index contributed by atoms with van der Waals surface area (Å²) in [5.74, 6) is -0.185. The van der Waals surface area contributed by atoms with Crippen LogP contribution in [0.2, 0.25) is 0 Å². The molecule has 2 aromatic rings. The van der Waals surface area contributed by atoms with Crippen molar-refractivity contribution >= 4 is 5.57 Å². The smallest absolute Gasteiger partial charge is 0.123 e. The lowest BCUT2D eigenvalue weighted by Gasteiger charge is -2.19. The molecule has 0 bridgehead atoms. The third-order valence-electron chi connectivity index (χ3n) is 4.04. The van der Waals surface area contributed by atoms with Crippen LogP contribution in [-0.2, 0) is 6.42 Å². The van der Waals surface area contributed by atoms with Gasteiger partial charge in [-0.25, -0.2) is 4.39 Å². The van der Waals surface area contributed by atoms with Crippen molar-refractivity contribution in [2.75, 3.05) is 0 Å². The average molecular weight is 266 g/mol. The third-order valence-corrected chi connectivity index (χ3v) is 4.04. The van der Waals surface area contributed by atoms with E-state index in [2.05, 4.69) is 44.2 Å². The fraction of sp³-hybridized carbons (Fsp3) is 0.263. The van der Waals surface area contributed by atoms with E-state index < -0.39 is 0 Å². The van der Waals surface area contributed by atoms with Crippen LogP contribution >= 0.6 is 0 Å². The van der Waals surface area contributed by atoms with Crippen LogP contribution in [0.4, 0.5) is 4.39 Å². The summed E-state index contributed by atoms with van der Waals surface area (Å²) in [6.07, 6.45) is 4.56. The highest BCUT2D eigenvalue weighted by atomic mass is 19.1. The van der Waals surface area contributed by atoms with E-state index in [1.165, 1.54) is 28.8 Å². The van der Waals surface area contributed by atoms with Gasteiger partial charge in [0.25, 0.3) is 0 Å². The summed E-state index contributed by atoms with van der Waals surface area (Å²) >= 11 is 0. The molecule has 0 aliphatic heterocycles. The summed E-state index contributed by atoms with van der Waals surface area (Å²) in [7, 11) is 0. The van der Waals surface area contributed by atoms with Crippen LogP contribution in [0.1, 0.15) is 37.0 Å². The van der Waals surface area contributed by atoms with Gasteiger partial charge in [0.2, 0.25) is 0 Å². The van der Waals surface area contributed by atoms with Gasteiger partial charge in [-0.15, -0.1) is 0 Å².